The van der Waals surface area contributed by atoms with Crippen molar-refractivity contribution < 1.29 is 0 Å². The zero-order valence-electron chi connectivity index (χ0n) is 13.1. The molecule has 21 heavy (non-hydrogen) atoms. The third-order valence-electron chi connectivity index (χ3n) is 5.94. The van der Waals surface area contributed by atoms with Gasteiger partial charge in [0.05, 0.1) is 5.54 Å². The van der Waals surface area contributed by atoms with Gasteiger partial charge in [0.1, 0.15) is 0 Å². The van der Waals surface area contributed by atoms with Crippen molar-refractivity contribution >= 4 is 0 Å². The molecule has 0 aliphatic carbocycles. The topological polar surface area (TPSA) is 18.5 Å². The molecule has 2 bridgehead atoms. The largest absolute Gasteiger partial charge is 0.305 e. The van der Waals surface area contributed by atoms with Gasteiger partial charge in [-0.25, -0.2) is 0 Å². The Morgan fingerprint density at radius 1 is 1.10 bits per heavy atom. The molecule has 114 valence electrons. The zero-order chi connectivity index (χ0) is 14.3. The van der Waals surface area contributed by atoms with E-state index < -0.39 is 0 Å². The lowest BCUT2D eigenvalue weighted by atomic mass is 9.81. The minimum Gasteiger partial charge on any atom is -0.305 e. The van der Waals surface area contributed by atoms with Crippen LogP contribution in [0.3, 0.4) is 0 Å². The molecule has 1 N–H and O–H groups in total. The van der Waals surface area contributed by atoms with E-state index in [9.17, 15) is 0 Å². The minimum atomic E-state index is 0.103. The number of rotatable bonds is 2. The average molecular weight is 285 g/mol. The summed E-state index contributed by atoms with van der Waals surface area (Å²) in [5.41, 5.74) is 1.53. The van der Waals surface area contributed by atoms with Gasteiger partial charge in [0, 0.05) is 32.2 Å². The van der Waals surface area contributed by atoms with E-state index in [1.807, 2.05) is 0 Å². The lowest BCUT2D eigenvalue weighted by Gasteiger charge is -2.53. The summed E-state index contributed by atoms with van der Waals surface area (Å²) in [6.45, 7) is 9.80. The molecule has 3 heteroatoms. The molecule has 2 unspecified atom stereocenters. The molecule has 0 spiro atoms. The van der Waals surface area contributed by atoms with Crippen molar-refractivity contribution in [2.24, 2.45) is 5.92 Å². The van der Waals surface area contributed by atoms with Crippen LogP contribution in [0.15, 0.2) is 30.3 Å². The van der Waals surface area contributed by atoms with Gasteiger partial charge in [0.15, 0.2) is 0 Å². The Morgan fingerprint density at radius 2 is 1.86 bits per heavy atom. The first-order valence-electron chi connectivity index (χ1n) is 8.52. The van der Waals surface area contributed by atoms with Crippen LogP contribution in [0.1, 0.15) is 25.3 Å². The molecule has 1 aromatic rings. The van der Waals surface area contributed by atoms with Crippen LogP contribution in [0, 0.1) is 5.92 Å². The number of benzene rings is 1. The van der Waals surface area contributed by atoms with Crippen LogP contribution in [0.4, 0.5) is 0 Å². The zero-order valence-corrected chi connectivity index (χ0v) is 13.1. The number of nitrogens with one attached hydrogen (secondary N) is 1. The standard InChI is InChI=1S/C18H27N3/c1-18(16-5-3-2-4-6-16)14-21(12-9-19-18)17-13-20-10-7-15(17)8-11-20/h2-6,15,17,19H,7-14H2,1H3. The smallest absolute Gasteiger partial charge is 0.0535 e. The first-order chi connectivity index (χ1) is 10.2. The Morgan fingerprint density at radius 3 is 2.52 bits per heavy atom. The first kappa shape index (κ1) is 13.7. The fourth-order valence-electron chi connectivity index (χ4n) is 4.65. The summed E-state index contributed by atoms with van der Waals surface area (Å²) in [6.07, 6.45) is 2.83. The predicted octanol–water partition coefficient (Wildman–Crippen LogP) is 1.90. The van der Waals surface area contributed by atoms with E-state index in [2.05, 4.69) is 52.4 Å². The summed E-state index contributed by atoms with van der Waals surface area (Å²) in [5.74, 6) is 0.938. The Balaban J connectivity index is 1.53. The number of hydrogen-bond acceptors (Lipinski definition) is 3. The second-order valence-electron chi connectivity index (χ2n) is 7.30. The van der Waals surface area contributed by atoms with E-state index in [4.69, 9.17) is 0 Å². The van der Waals surface area contributed by atoms with Crippen molar-refractivity contribution in [3.63, 3.8) is 0 Å². The van der Waals surface area contributed by atoms with E-state index in [-0.39, 0.29) is 5.54 Å². The van der Waals surface area contributed by atoms with Crippen molar-refractivity contribution in [1.29, 1.82) is 0 Å². The number of nitrogens with zero attached hydrogens (tertiary/aromatic N) is 2. The molecule has 4 aliphatic heterocycles. The molecular formula is C18H27N3. The van der Waals surface area contributed by atoms with Crippen LogP contribution < -0.4 is 5.32 Å². The summed E-state index contributed by atoms with van der Waals surface area (Å²) >= 11 is 0. The van der Waals surface area contributed by atoms with Gasteiger partial charge in [-0.2, -0.15) is 0 Å². The molecule has 4 fully saturated rings. The van der Waals surface area contributed by atoms with Crippen LogP contribution in [-0.2, 0) is 5.54 Å². The maximum absolute atomic E-state index is 3.77. The maximum atomic E-state index is 3.77. The van der Waals surface area contributed by atoms with Gasteiger partial charge < -0.3 is 10.2 Å². The average Bonchev–Trinajstić information content (AvgIpc) is 2.57. The quantitative estimate of drug-likeness (QED) is 0.895. The van der Waals surface area contributed by atoms with Gasteiger partial charge >= 0.3 is 0 Å². The van der Waals surface area contributed by atoms with E-state index in [1.165, 1.54) is 44.6 Å². The fraction of sp³-hybridized carbons (Fsp3) is 0.667. The molecule has 5 rings (SSSR count). The SMILES string of the molecule is CC1(c2ccccc2)CN(C2CN3CCC2CC3)CCN1. The van der Waals surface area contributed by atoms with Gasteiger partial charge in [-0.1, -0.05) is 30.3 Å². The summed E-state index contributed by atoms with van der Waals surface area (Å²) in [6, 6.07) is 11.8. The number of fused-ring (bicyclic) bond motifs is 3. The van der Waals surface area contributed by atoms with Gasteiger partial charge in [-0.05, 0) is 44.3 Å². The Bertz CT molecular complexity index is 480. The molecule has 4 aliphatic rings. The van der Waals surface area contributed by atoms with Crippen molar-refractivity contribution in [3.05, 3.63) is 35.9 Å². The predicted molar refractivity (Wildman–Crippen MR) is 86.3 cm³/mol. The molecule has 0 amide bonds. The highest BCUT2D eigenvalue weighted by atomic mass is 15.3. The van der Waals surface area contributed by atoms with Crippen LogP contribution in [0.5, 0.6) is 0 Å². The molecule has 4 heterocycles. The number of piperazine rings is 1. The highest BCUT2D eigenvalue weighted by molar-refractivity contribution is 5.25. The third-order valence-corrected chi connectivity index (χ3v) is 5.94. The van der Waals surface area contributed by atoms with E-state index in [0.29, 0.717) is 0 Å². The van der Waals surface area contributed by atoms with Crippen LogP contribution in [0.25, 0.3) is 0 Å². The van der Waals surface area contributed by atoms with Gasteiger partial charge in [-0.15, -0.1) is 0 Å². The van der Waals surface area contributed by atoms with Crippen molar-refractivity contribution in [2.75, 3.05) is 39.3 Å². The van der Waals surface area contributed by atoms with E-state index in [1.54, 1.807) is 0 Å². The van der Waals surface area contributed by atoms with Crippen molar-refractivity contribution in [2.45, 2.75) is 31.3 Å². The highest BCUT2D eigenvalue weighted by Crippen LogP contribution is 2.34. The summed E-state index contributed by atoms with van der Waals surface area (Å²) in [4.78, 5) is 5.45. The summed E-state index contributed by atoms with van der Waals surface area (Å²) in [5, 5.41) is 3.77. The number of hydrogen-bond donors (Lipinski definition) is 1. The second-order valence-corrected chi connectivity index (χ2v) is 7.30. The second kappa shape index (κ2) is 5.38. The third kappa shape index (κ3) is 2.52. The summed E-state index contributed by atoms with van der Waals surface area (Å²) < 4.78 is 0. The van der Waals surface area contributed by atoms with Crippen LogP contribution in [-0.4, -0.2) is 55.1 Å². The first-order valence-corrected chi connectivity index (χ1v) is 8.52. The molecule has 2 atom stereocenters. The summed E-state index contributed by atoms with van der Waals surface area (Å²) in [7, 11) is 0. The normalized spacial score (nSPS) is 40.3. The van der Waals surface area contributed by atoms with Crippen LogP contribution >= 0.6 is 0 Å². The van der Waals surface area contributed by atoms with Gasteiger partial charge in [-0.3, -0.25) is 4.90 Å². The molecule has 0 aromatic heterocycles. The Hall–Kier alpha value is -0.900. The van der Waals surface area contributed by atoms with E-state index >= 15 is 0 Å². The Labute approximate surface area is 128 Å². The molecular weight excluding hydrogens is 258 g/mol. The van der Waals surface area contributed by atoms with E-state index in [0.717, 1.165) is 25.0 Å². The van der Waals surface area contributed by atoms with Gasteiger partial charge in [0.2, 0.25) is 0 Å². The van der Waals surface area contributed by atoms with Gasteiger partial charge in [0.25, 0.3) is 0 Å². The molecule has 3 nitrogen and oxygen atoms in total. The monoisotopic (exact) mass is 285 g/mol. The van der Waals surface area contributed by atoms with Crippen LogP contribution in [0.2, 0.25) is 0 Å². The molecule has 0 saturated carbocycles. The lowest BCUT2D eigenvalue weighted by Crippen LogP contribution is -2.64. The molecule has 4 saturated heterocycles. The lowest BCUT2D eigenvalue weighted by molar-refractivity contribution is -0.0179. The molecule has 1 aromatic carbocycles. The highest BCUT2D eigenvalue weighted by Gasteiger charge is 2.41. The number of piperidine rings is 3. The fourth-order valence-corrected chi connectivity index (χ4v) is 4.65. The minimum absolute atomic E-state index is 0.103. The Kier molecular flexibility index (Phi) is 3.52. The van der Waals surface area contributed by atoms with Crippen molar-refractivity contribution in [1.82, 2.24) is 15.1 Å². The molecule has 0 radical (unpaired) electrons. The van der Waals surface area contributed by atoms with Crippen molar-refractivity contribution in [3.8, 4) is 0 Å². The maximum Gasteiger partial charge on any atom is 0.0535 e.